The summed E-state index contributed by atoms with van der Waals surface area (Å²) in [4.78, 5) is 4.23. The molecule has 7 nitrogen and oxygen atoms in total. The van der Waals surface area contributed by atoms with Crippen molar-refractivity contribution in [3.05, 3.63) is 41.3 Å². The van der Waals surface area contributed by atoms with Gasteiger partial charge in [0.05, 0.1) is 26.5 Å². The molecule has 27 heavy (non-hydrogen) atoms. The number of rotatable bonds is 8. The minimum atomic E-state index is 0. The van der Waals surface area contributed by atoms with Gasteiger partial charge in [0.25, 0.3) is 0 Å². The van der Waals surface area contributed by atoms with Gasteiger partial charge in [0, 0.05) is 19.7 Å². The molecule has 2 N–H and O–H groups in total. The third-order valence-corrected chi connectivity index (χ3v) is 4.00. The fourth-order valence-corrected chi connectivity index (χ4v) is 2.47. The van der Waals surface area contributed by atoms with Crippen molar-refractivity contribution in [3.8, 4) is 11.5 Å². The molecule has 0 aliphatic carbocycles. The van der Waals surface area contributed by atoms with Gasteiger partial charge in [-0.1, -0.05) is 19.0 Å². The molecule has 0 bridgehead atoms. The Morgan fingerprint density at radius 2 is 1.96 bits per heavy atom. The lowest BCUT2D eigenvalue weighted by atomic mass is 10.1. The number of aliphatic imine (C=N–C) groups is 1. The maximum Gasteiger partial charge on any atom is 0.191 e. The Morgan fingerprint density at radius 3 is 2.56 bits per heavy atom. The molecule has 1 aromatic carbocycles. The van der Waals surface area contributed by atoms with Crippen LogP contribution in [0.25, 0.3) is 0 Å². The highest BCUT2D eigenvalue weighted by molar-refractivity contribution is 14.0. The number of guanidine groups is 1. The van der Waals surface area contributed by atoms with Crippen molar-refractivity contribution in [3.63, 3.8) is 0 Å². The van der Waals surface area contributed by atoms with Gasteiger partial charge in [-0.15, -0.1) is 24.0 Å². The van der Waals surface area contributed by atoms with Crippen molar-refractivity contribution in [1.82, 2.24) is 15.8 Å². The van der Waals surface area contributed by atoms with Gasteiger partial charge in [-0.25, -0.2) is 0 Å². The summed E-state index contributed by atoms with van der Waals surface area (Å²) in [5.41, 5.74) is 2.03. The lowest BCUT2D eigenvalue weighted by Gasteiger charge is -2.13. The highest BCUT2D eigenvalue weighted by Crippen LogP contribution is 2.24. The molecule has 8 heteroatoms. The highest BCUT2D eigenvalue weighted by atomic mass is 127. The molecule has 2 rings (SSSR count). The van der Waals surface area contributed by atoms with Crippen LogP contribution in [0.4, 0.5) is 0 Å². The summed E-state index contributed by atoms with van der Waals surface area (Å²) < 4.78 is 16.0. The first kappa shape index (κ1) is 23.1. The van der Waals surface area contributed by atoms with Crippen LogP contribution in [0.1, 0.15) is 36.8 Å². The summed E-state index contributed by atoms with van der Waals surface area (Å²) in [5.74, 6) is 3.50. The number of aromatic nitrogens is 1. The third-order valence-electron chi connectivity index (χ3n) is 4.00. The van der Waals surface area contributed by atoms with Crippen LogP contribution in [0.15, 0.2) is 33.8 Å². The van der Waals surface area contributed by atoms with Crippen LogP contribution in [0.2, 0.25) is 0 Å². The maximum absolute atomic E-state index is 5.41. The van der Waals surface area contributed by atoms with Crippen LogP contribution in [-0.2, 0) is 13.0 Å². The van der Waals surface area contributed by atoms with Gasteiger partial charge in [-0.2, -0.15) is 0 Å². The second-order valence-electron chi connectivity index (χ2n) is 6.15. The Morgan fingerprint density at radius 1 is 1.19 bits per heavy atom. The van der Waals surface area contributed by atoms with E-state index < -0.39 is 0 Å². The van der Waals surface area contributed by atoms with E-state index in [2.05, 4.69) is 34.6 Å². The molecule has 0 fully saturated rings. The van der Waals surface area contributed by atoms with E-state index in [0.717, 1.165) is 34.9 Å². The highest BCUT2D eigenvalue weighted by Gasteiger charge is 2.09. The van der Waals surface area contributed by atoms with Crippen molar-refractivity contribution >= 4 is 29.9 Å². The zero-order valence-electron chi connectivity index (χ0n) is 16.5. The fraction of sp³-hybridized carbons (Fsp3) is 0.474. The van der Waals surface area contributed by atoms with E-state index in [1.54, 1.807) is 21.3 Å². The molecular formula is C19H29IN4O3. The number of methoxy groups -OCH3 is 2. The lowest BCUT2D eigenvalue weighted by molar-refractivity contribution is 0.372. The van der Waals surface area contributed by atoms with Crippen LogP contribution < -0.4 is 20.1 Å². The van der Waals surface area contributed by atoms with Crippen molar-refractivity contribution < 1.29 is 14.0 Å². The molecule has 0 aliphatic rings. The van der Waals surface area contributed by atoms with Crippen LogP contribution in [-0.4, -0.2) is 38.9 Å². The molecule has 0 radical (unpaired) electrons. The molecule has 0 spiro atoms. The molecule has 0 aliphatic heterocycles. The first-order valence-corrected chi connectivity index (χ1v) is 8.68. The summed E-state index contributed by atoms with van der Waals surface area (Å²) in [5, 5.41) is 10.6. The summed E-state index contributed by atoms with van der Waals surface area (Å²) in [6.45, 7) is 5.41. The number of hydrogen-bond donors (Lipinski definition) is 2. The van der Waals surface area contributed by atoms with Crippen LogP contribution in [0, 0.1) is 0 Å². The number of halogens is 1. The van der Waals surface area contributed by atoms with Crippen LogP contribution in [0.3, 0.4) is 0 Å². The number of nitrogens with one attached hydrogen (secondary N) is 2. The van der Waals surface area contributed by atoms with Crippen LogP contribution >= 0.6 is 24.0 Å². The Bertz CT molecular complexity index is 731. The second-order valence-corrected chi connectivity index (χ2v) is 6.15. The van der Waals surface area contributed by atoms with E-state index >= 15 is 0 Å². The minimum Gasteiger partial charge on any atom is -0.497 e. The van der Waals surface area contributed by atoms with Gasteiger partial charge in [-0.3, -0.25) is 4.99 Å². The average molecular weight is 488 g/mol. The van der Waals surface area contributed by atoms with E-state index in [4.69, 9.17) is 14.0 Å². The molecule has 2 aromatic rings. The van der Waals surface area contributed by atoms with Gasteiger partial charge < -0.3 is 24.6 Å². The molecule has 0 saturated heterocycles. The van der Waals surface area contributed by atoms with E-state index in [0.29, 0.717) is 25.0 Å². The Labute approximate surface area is 177 Å². The monoisotopic (exact) mass is 488 g/mol. The van der Waals surface area contributed by atoms with Crippen molar-refractivity contribution in [2.75, 3.05) is 27.8 Å². The smallest absolute Gasteiger partial charge is 0.191 e. The molecule has 0 amide bonds. The normalized spacial score (nSPS) is 11.1. The summed E-state index contributed by atoms with van der Waals surface area (Å²) in [6.07, 6.45) is 0.779. The van der Waals surface area contributed by atoms with Gasteiger partial charge in [0.2, 0.25) is 0 Å². The van der Waals surface area contributed by atoms with Crippen molar-refractivity contribution in [2.24, 2.45) is 4.99 Å². The quantitative estimate of drug-likeness (QED) is 0.337. The summed E-state index contributed by atoms with van der Waals surface area (Å²) in [6, 6.07) is 7.75. The first-order chi connectivity index (χ1) is 12.6. The molecule has 0 saturated carbocycles. The van der Waals surface area contributed by atoms with Gasteiger partial charge >= 0.3 is 0 Å². The largest absolute Gasteiger partial charge is 0.497 e. The fourth-order valence-electron chi connectivity index (χ4n) is 2.47. The van der Waals surface area contributed by atoms with Gasteiger partial charge in [0.15, 0.2) is 11.7 Å². The van der Waals surface area contributed by atoms with E-state index in [1.165, 1.54) is 0 Å². The molecule has 1 heterocycles. The predicted molar refractivity (Wildman–Crippen MR) is 117 cm³/mol. The summed E-state index contributed by atoms with van der Waals surface area (Å²) in [7, 11) is 5.06. The van der Waals surface area contributed by atoms with E-state index in [-0.39, 0.29) is 24.0 Å². The molecule has 1 aromatic heterocycles. The molecule has 0 atom stereocenters. The zero-order chi connectivity index (χ0) is 18.9. The van der Waals surface area contributed by atoms with Gasteiger partial charge in [-0.05, 0) is 36.1 Å². The molecule has 150 valence electrons. The zero-order valence-corrected chi connectivity index (χ0v) is 18.9. The second kappa shape index (κ2) is 11.7. The van der Waals surface area contributed by atoms with E-state index in [9.17, 15) is 0 Å². The van der Waals surface area contributed by atoms with E-state index in [1.807, 2.05) is 24.3 Å². The Balaban J connectivity index is 0.00000364. The molecule has 0 unspecified atom stereocenters. The van der Waals surface area contributed by atoms with Gasteiger partial charge in [0.1, 0.15) is 11.5 Å². The molecular weight excluding hydrogens is 459 g/mol. The Hall–Kier alpha value is -1.97. The maximum atomic E-state index is 5.41. The van der Waals surface area contributed by atoms with Crippen molar-refractivity contribution in [1.29, 1.82) is 0 Å². The average Bonchev–Trinajstić information content (AvgIpc) is 3.13. The van der Waals surface area contributed by atoms with Crippen molar-refractivity contribution in [2.45, 2.75) is 32.7 Å². The lowest BCUT2D eigenvalue weighted by Crippen LogP contribution is -2.37. The van der Waals surface area contributed by atoms with Crippen LogP contribution in [0.5, 0.6) is 11.5 Å². The Kier molecular flexibility index (Phi) is 9.98. The number of nitrogens with zero attached hydrogens (tertiary/aromatic N) is 2. The summed E-state index contributed by atoms with van der Waals surface area (Å²) >= 11 is 0. The predicted octanol–water partition coefficient (Wildman–Crippen LogP) is 3.34. The number of hydrogen-bond acceptors (Lipinski definition) is 5. The number of ether oxygens (including phenoxy) is 2. The number of benzene rings is 1. The standard InChI is InChI=1S/C19H28N4O3.HI/c1-13(2)17-11-16(26-23-17)12-22-19(20-3)21-9-8-14-10-15(24-4)6-7-18(14)25-5;/h6-7,10-11,13H,8-9,12H2,1-5H3,(H2,20,21,22);1H. The third kappa shape index (κ3) is 6.93. The first-order valence-electron chi connectivity index (χ1n) is 8.68. The topological polar surface area (TPSA) is 80.9 Å². The minimum absolute atomic E-state index is 0. The SMILES string of the molecule is CN=C(NCCc1cc(OC)ccc1OC)NCc1cc(C(C)C)no1.I.